The molecule has 0 aliphatic carbocycles. The first-order valence-electron chi connectivity index (χ1n) is 9.84. The Morgan fingerprint density at radius 1 is 1.24 bits per heavy atom. The molecule has 1 aromatic rings. The molecule has 2 aliphatic rings. The number of carbonyl (C=O) groups is 1. The maximum atomic E-state index is 12.6. The average Bonchev–Trinajstić information content (AvgIpc) is 3.05. The summed E-state index contributed by atoms with van der Waals surface area (Å²) in [5.41, 5.74) is 0. The minimum absolute atomic E-state index is 0.165. The minimum atomic E-state index is 0.165. The molecule has 1 atom stereocenters. The molecule has 0 saturated carbocycles. The van der Waals surface area contributed by atoms with Crippen LogP contribution in [-0.4, -0.2) is 54.0 Å². The van der Waals surface area contributed by atoms with Gasteiger partial charge in [-0.1, -0.05) is 0 Å². The molecule has 0 aromatic carbocycles. The van der Waals surface area contributed by atoms with Gasteiger partial charge in [-0.3, -0.25) is 9.69 Å². The fraction of sp³-hybridized carbons (Fsp3) is 0.750. The maximum Gasteiger partial charge on any atom is 0.224 e. The number of hydrogen-bond acceptors (Lipinski definition) is 4. The second-order valence-corrected chi connectivity index (χ2v) is 9.30. The van der Waals surface area contributed by atoms with E-state index < -0.39 is 0 Å². The van der Waals surface area contributed by atoms with Gasteiger partial charge in [-0.15, -0.1) is 11.3 Å². The molecule has 140 valence electrons. The molecule has 5 heteroatoms. The highest BCUT2D eigenvalue weighted by atomic mass is 32.1. The summed E-state index contributed by atoms with van der Waals surface area (Å²) in [5, 5.41) is 3.16. The summed E-state index contributed by atoms with van der Waals surface area (Å²) in [6, 6.07) is 5.57. The Bertz CT molecular complexity index is 563. The zero-order valence-electron chi connectivity index (χ0n) is 16.0. The number of likely N-dealkylation sites (tertiary alicyclic amines) is 2. The number of nitrogens with zero attached hydrogens (tertiary/aromatic N) is 2. The van der Waals surface area contributed by atoms with Crippen LogP contribution in [0.5, 0.6) is 0 Å². The van der Waals surface area contributed by atoms with E-state index >= 15 is 0 Å². The van der Waals surface area contributed by atoms with Crippen molar-refractivity contribution in [3.8, 4) is 0 Å². The standard InChI is InChI=1S/C20H33N3OS/c1-15(2)22-11-8-18(9-12-22)23-10-4-5-17(14-23)20(24)21-13-19-7-6-16(3)25-19/h6-7,15,17-18H,4-5,8-14H2,1-3H3,(H,21,24)/t17-/m0/s1. The van der Waals surface area contributed by atoms with Crippen LogP contribution in [0.2, 0.25) is 0 Å². The van der Waals surface area contributed by atoms with E-state index in [0.29, 0.717) is 18.6 Å². The Kier molecular flexibility index (Phi) is 6.53. The minimum Gasteiger partial charge on any atom is -0.351 e. The fourth-order valence-corrected chi connectivity index (χ4v) is 5.05. The quantitative estimate of drug-likeness (QED) is 0.872. The van der Waals surface area contributed by atoms with E-state index in [4.69, 9.17) is 0 Å². The predicted octanol–water partition coefficient (Wildman–Crippen LogP) is 3.26. The monoisotopic (exact) mass is 363 g/mol. The van der Waals surface area contributed by atoms with Crippen molar-refractivity contribution >= 4 is 17.2 Å². The van der Waals surface area contributed by atoms with Crippen LogP contribution in [0, 0.1) is 12.8 Å². The highest BCUT2D eigenvalue weighted by Crippen LogP contribution is 2.25. The molecule has 2 aliphatic heterocycles. The summed E-state index contributed by atoms with van der Waals surface area (Å²) in [6.07, 6.45) is 4.69. The van der Waals surface area contributed by atoms with Crippen molar-refractivity contribution in [2.45, 2.75) is 65.1 Å². The maximum absolute atomic E-state index is 12.6. The molecule has 2 fully saturated rings. The van der Waals surface area contributed by atoms with E-state index in [1.165, 1.54) is 42.2 Å². The van der Waals surface area contributed by atoms with Gasteiger partial charge in [0.15, 0.2) is 0 Å². The first-order chi connectivity index (χ1) is 12.0. The van der Waals surface area contributed by atoms with Crippen LogP contribution in [0.25, 0.3) is 0 Å². The van der Waals surface area contributed by atoms with Gasteiger partial charge < -0.3 is 10.2 Å². The second-order valence-electron chi connectivity index (χ2n) is 7.93. The van der Waals surface area contributed by atoms with Crippen LogP contribution in [0.15, 0.2) is 12.1 Å². The summed E-state index contributed by atoms with van der Waals surface area (Å²) >= 11 is 1.77. The van der Waals surface area contributed by atoms with Crippen molar-refractivity contribution in [2.75, 3.05) is 26.2 Å². The van der Waals surface area contributed by atoms with Gasteiger partial charge in [-0.05, 0) is 78.2 Å². The molecule has 3 rings (SSSR count). The predicted molar refractivity (Wildman–Crippen MR) is 105 cm³/mol. The van der Waals surface area contributed by atoms with Gasteiger partial charge in [0.1, 0.15) is 0 Å². The molecule has 0 radical (unpaired) electrons. The van der Waals surface area contributed by atoms with Gasteiger partial charge in [-0.2, -0.15) is 0 Å². The Balaban J connectivity index is 1.46. The molecule has 1 amide bonds. The van der Waals surface area contributed by atoms with Crippen molar-refractivity contribution < 1.29 is 4.79 Å². The normalized spacial score (nSPS) is 23.9. The topological polar surface area (TPSA) is 35.6 Å². The molecule has 1 N–H and O–H groups in total. The van der Waals surface area contributed by atoms with Gasteiger partial charge in [0.25, 0.3) is 0 Å². The van der Waals surface area contributed by atoms with Gasteiger partial charge >= 0.3 is 0 Å². The van der Waals surface area contributed by atoms with E-state index in [1.54, 1.807) is 11.3 Å². The SMILES string of the molecule is Cc1ccc(CNC(=O)[C@H]2CCCN(C3CCN(C(C)C)CC3)C2)s1. The van der Waals surface area contributed by atoms with Crippen LogP contribution in [0.3, 0.4) is 0 Å². The molecule has 25 heavy (non-hydrogen) atoms. The lowest BCUT2D eigenvalue weighted by molar-refractivity contribution is -0.127. The molecule has 1 aromatic heterocycles. The van der Waals surface area contributed by atoms with Crippen molar-refractivity contribution in [1.29, 1.82) is 0 Å². The summed E-state index contributed by atoms with van der Waals surface area (Å²) in [5.74, 6) is 0.410. The number of amides is 1. The number of piperidine rings is 2. The number of carbonyl (C=O) groups excluding carboxylic acids is 1. The molecule has 0 spiro atoms. The zero-order chi connectivity index (χ0) is 17.8. The zero-order valence-corrected chi connectivity index (χ0v) is 16.8. The summed E-state index contributed by atoms with van der Waals surface area (Å²) < 4.78 is 0. The number of rotatable bonds is 5. The van der Waals surface area contributed by atoms with Crippen LogP contribution < -0.4 is 5.32 Å². The Morgan fingerprint density at radius 2 is 2.00 bits per heavy atom. The Labute approximate surface area is 156 Å². The highest BCUT2D eigenvalue weighted by Gasteiger charge is 2.31. The third-order valence-electron chi connectivity index (χ3n) is 5.80. The lowest BCUT2D eigenvalue weighted by Gasteiger charge is -2.43. The summed E-state index contributed by atoms with van der Waals surface area (Å²) in [6.45, 7) is 11.9. The lowest BCUT2D eigenvalue weighted by atomic mass is 9.93. The smallest absolute Gasteiger partial charge is 0.224 e. The van der Waals surface area contributed by atoms with Gasteiger partial charge in [0.05, 0.1) is 12.5 Å². The van der Waals surface area contributed by atoms with Crippen LogP contribution in [-0.2, 0) is 11.3 Å². The molecule has 4 nitrogen and oxygen atoms in total. The molecule has 0 bridgehead atoms. The van der Waals surface area contributed by atoms with Crippen molar-refractivity contribution in [3.05, 3.63) is 21.9 Å². The van der Waals surface area contributed by atoms with E-state index in [9.17, 15) is 4.79 Å². The third kappa shape index (κ3) is 5.05. The highest BCUT2D eigenvalue weighted by molar-refractivity contribution is 7.11. The van der Waals surface area contributed by atoms with E-state index in [0.717, 1.165) is 19.4 Å². The Hall–Kier alpha value is -0.910. The lowest BCUT2D eigenvalue weighted by Crippen LogP contribution is -2.51. The van der Waals surface area contributed by atoms with Crippen LogP contribution >= 0.6 is 11.3 Å². The summed E-state index contributed by atoms with van der Waals surface area (Å²) in [4.78, 5) is 20.3. The van der Waals surface area contributed by atoms with E-state index in [2.05, 4.69) is 48.0 Å². The van der Waals surface area contributed by atoms with Gasteiger partial charge in [-0.25, -0.2) is 0 Å². The van der Waals surface area contributed by atoms with E-state index in [1.807, 2.05) is 0 Å². The van der Waals surface area contributed by atoms with Crippen LogP contribution in [0.4, 0.5) is 0 Å². The third-order valence-corrected chi connectivity index (χ3v) is 6.80. The second kappa shape index (κ2) is 8.65. The average molecular weight is 364 g/mol. The van der Waals surface area contributed by atoms with E-state index in [-0.39, 0.29) is 11.8 Å². The molecular weight excluding hydrogens is 330 g/mol. The number of nitrogens with one attached hydrogen (secondary N) is 1. The van der Waals surface area contributed by atoms with Gasteiger partial charge in [0.2, 0.25) is 5.91 Å². The van der Waals surface area contributed by atoms with Crippen molar-refractivity contribution in [1.82, 2.24) is 15.1 Å². The van der Waals surface area contributed by atoms with Crippen molar-refractivity contribution in [3.63, 3.8) is 0 Å². The molecule has 0 unspecified atom stereocenters. The molecular formula is C20H33N3OS. The Morgan fingerprint density at radius 3 is 2.64 bits per heavy atom. The number of thiophene rings is 1. The number of hydrogen-bond donors (Lipinski definition) is 1. The van der Waals surface area contributed by atoms with Gasteiger partial charge in [0, 0.05) is 28.4 Å². The largest absolute Gasteiger partial charge is 0.351 e. The number of aryl methyl sites for hydroxylation is 1. The first kappa shape index (κ1) is 18.9. The first-order valence-corrected chi connectivity index (χ1v) is 10.7. The fourth-order valence-electron chi connectivity index (χ4n) is 4.22. The molecule has 2 saturated heterocycles. The van der Waals surface area contributed by atoms with Crippen molar-refractivity contribution in [2.24, 2.45) is 5.92 Å². The van der Waals surface area contributed by atoms with Crippen LogP contribution in [0.1, 0.15) is 49.3 Å². The molecule has 3 heterocycles. The summed E-state index contributed by atoms with van der Waals surface area (Å²) in [7, 11) is 0.